The van der Waals surface area contributed by atoms with Crippen molar-refractivity contribution in [2.45, 2.75) is 20.3 Å². The van der Waals surface area contributed by atoms with E-state index in [1.807, 2.05) is 12.1 Å². The van der Waals surface area contributed by atoms with E-state index in [1.165, 1.54) is 0 Å². The van der Waals surface area contributed by atoms with Gasteiger partial charge in [0.15, 0.2) is 0 Å². The largest absolute Gasteiger partial charge is 0.422 e. The van der Waals surface area contributed by atoms with Gasteiger partial charge in [0, 0.05) is 18.5 Å². The van der Waals surface area contributed by atoms with E-state index in [0.29, 0.717) is 30.5 Å². The Hall–Kier alpha value is -2.10. The average molecular weight is 285 g/mol. The Morgan fingerprint density at radius 3 is 2.57 bits per heavy atom. The summed E-state index contributed by atoms with van der Waals surface area (Å²) in [6.45, 7) is 5.68. The van der Waals surface area contributed by atoms with Crippen LogP contribution in [-0.4, -0.2) is 23.9 Å². The summed E-state index contributed by atoms with van der Waals surface area (Å²) < 4.78 is 5.26. The molecule has 21 heavy (non-hydrogen) atoms. The van der Waals surface area contributed by atoms with Gasteiger partial charge in [-0.2, -0.15) is 0 Å². The molecule has 3 rings (SSSR count). The monoisotopic (exact) mass is 285 g/mol. The molecule has 1 amide bonds. The second-order valence-electron chi connectivity index (χ2n) is 6.14. The van der Waals surface area contributed by atoms with E-state index in [2.05, 4.69) is 13.8 Å². The predicted molar refractivity (Wildman–Crippen MR) is 81.3 cm³/mol. The topological polar surface area (TPSA) is 50.5 Å². The normalized spacial score (nSPS) is 22.5. The minimum Gasteiger partial charge on any atom is -0.422 e. The third-order valence-corrected chi connectivity index (χ3v) is 4.03. The Labute approximate surface area is 123 Å². The van der Waals surface area contributed by atoms with Crippen molar-refractivity contribution in [1.82, 2.24) is 4.90 Å². The Balaban J connectivity index is 1.97. The third-order valence-electron chi connectivity index (χ3n) is 4.03. The number of fused-ring (bicyclic) bond motifs is 1. The van der Waals surface area contributed by atoms with E-state index in [4.69, 9.17) is 4.42 Å². The molecule has 2 heterocycles. The first-order valence-electron chi connectivity index (χ1n) is 7.36. The van der Waals surface area contributed by atoms with Crippen molar-refractivity contribution in [2.75, 3.05) is 13.1 Å². The van der Waals surface area contributed by atoms with Crippen molar-refractivity contribution in [3.63, 3.8) is 0 Å². The van der Waals surface area contributed by atoms with Gasteiger partial charge < -0.3 is 9.32 Å². The number of amides is 1. The van der Waals surface area contributed by atoms with Gasteiger partial charge >= 0.3 is 5.63 Å². The SMILES string of the molecule is C[C@@H]1C[C@H](C)CN(C(=O)c2cc3ccccc3oc2=O)C1. The van der Waals surface area contributed by atoms with Crippen LogP contribution in [0, 0.1) is 11.8 Å². The molecule has 0 spiro atoms. The Bertz CT molecular complexity index is 724. The summed E-state index contributed by atoms with van der Waals surface area (Å²) in [6.07, 6.45) is 1.12. The number of para-hydroxylation sites is 1. The van der Waals surface area contributed by atoms with Crippen LogP contribution in [0.5, 0.6) is 0 Å². The van der Waals surface area contributed by atoms with Crippen molar-refractivity contribution >= 4 is 16.9 Å². The smallest absolute Gasteiger partial charge is 0.349 e. The first kappa shape index (κ1) is 13.9. The molecule has 0 radical (unpaired) electrons. The lowest BCUT2D eigenvalue weighted by Gasteiger charge is -2.34. The quantitative estimate of drug-likeness (QED) is 0.757. The molecule has 0 N–H and O–H groups in total. The highest BCUT2D eigenvalue weighted by Gasteiger charge is 2.28. The van der Waals surface area contributed by atoms with Gasteiger partial charge in [-0.3, -0.25) is 4.79 Å². The molecule has 1 aromatic carbocycles. The van der Waals surface area contributed by atoms with Crippen LogP contribution in [-0.2, 0) is 0 Å². The van der Waals surface area contributed by atoms with Gasteiger partial charge in [0.05, 0.1) is 0 Å². The number of nitrogens with zero attached hydrogens (tertiary/aromatic N) is 1. The van der Waals surface area contributed by atoms with E-state index in [9.17, 15) is 9.59 Å². The summed E-state index contributed by atoms with van der Waals surface area (Å²) in [5, 5.41) is 0.776. The molecular formula is C17H19NO3. The standard InChI is InChI=1S/C17H19NO3/c1-11-7-12(2)10-18(9-11)16(19)14-8-13-5-3-4-6-15(13)21-17(14)20/h3-6,8,11-12H,7,9-10H2,1-2H3/t11-,12+. The highest BCUT2D eigenvalue weighted by atomic mass is 16.4. The molecule has 1 aliphatic rings. The predicted octanol–water partition coefficient (Wildman–Crippen LogP) is 2.91. The van der Waals surface area contributed by atoms with Gasteiger partial charge in [-0.1, -0.05) is 32.0 Å². The third kappa shape index (κ3) is 2.71. The summed E-state index contributed by atoms with van der Waals surface area (Å²) in [4.78, 5) is 26.5. The fourth-order valence-electron chi connectivity index (χ4n) is 3.21. The maximum absolute atomic E-state index is 12.6. The molecule has 0 saturated carbocycles. The number of carbonyl (C=O) groups is 1. The molecule has 4 heteroatoms. The zero-order chi connectivity index (χ0) is 15.0. The first-order chi connectivity index (χ1) is 10.0. The van der Waals surface area contributed by atoms with Crippen LogP contribution >= 0.6 is 0 Å². The molecule has 0 aliphatic carbocycles. The van der Waals surface area contributed by atoms with E-state index >= 15 is 0 Å². The maximum atomic E-state index is 12.6. The summed E-state index contributed by atoms with van der Waals surface area (Å²) in [6, 6.07) is 8.89. The van der Waals surface area contributed by atoms with E-state index in [1.54, 1.807) is 23.1 Å². The highest BCUT2D eigenvalue weighted by molar-refractivity contribution is 5.96. The second-order valence-corrected chi connectivity index (χ2v) is 6.14. The Morgan fingerprint density at radius 2 is 1.86 bits per heavy atom. The first-order valence-corrected chi connectivity index (χ1v) is 7.36. The average Bonchev–Trinajstić information content (AvgIpc) is 2.44. The van der Waals surface area contributed by atoms with Crippen LogP contribution in [0.4, 0.5) is 0 Å². The number of piperidine rings is 1. The summed E-state index contributed by atoms with van der Waals surface area (Å²) >= 11 is 0. The second kappa shape index (κ2) is 5.35. The lowest BCUT2D eigenvalue weighted by molar-refractivity contribution is 0.0619. The zero-order valence-corrected chi connectivity index (χ0v) is 12.3. The molecule has 0 bridgehead atoms. The molecule has 2 aromatic rings. The van der Waals surface area contributed by atoms with E-state index in [-0.39, 0.29) is 11.5 Å². The van der Waals surface area contributed by atoms with Crippen molar-refractivity contribution < 1.29 is 9.21 Å². The van der Waals surface area contributed by atoms with Crippen molar-refractivity contribution in [1.29, 1.82) is 0 Å². The van der Waals surface area contributed by atoms with E-state index in [0.717, 1.165) is 11.8 Å². The van der Waals surface area contributed by atoms with Crippen LogP contribution in [0.3, 0.4) is 0 Å². The Morgan fingerprint density at radius 1 is 1.19 bits per heavy atom. The fraction of sp³-hybridized carbons (Fsp3) is 0.412. The van der Waals surface area contributed by atoms with Crippen molar-refractivity contribution in [3.05, 3.63) is 46.3 Å². The minimum absolute atomic E-state index is 0.134. The van der Waals surface area contributed by atoms with Gasteiger partial charge in [-0.05, 0) is 30.4 Å². The lowest BCUT2D eigenvalue weighted by atomic mass is 9.91. The number of benzene rings is 1. The minimum atomic E-state index is -0.551. The van der Waals surface area contributed by atoms with Gasteiger partial charge in [-0.25, -0.2) is 4.79 Å². The maximum Gasteiger partial charge on any atom is 0.349 e. The Kier molecular flexibility index (Phi) is 3.53. The molecular weight excluding hydrogens is 266 g/mol. The zero-order valence-electron chi connectivity index (χ0n) is 12.3. The van der Waals surface area contributed by atoms with Crippen LogP contribution in [0.1, 0.15) is 30.6 Å². The molecule has 2 atom stereocenters. The number of likely N-dealkylation sites (tertiary alicyclic amines) is 1. The van der Waals surface area contributed by atoms with Gasteiger partial charge in [0.2, 0.25) is 0 Å². The van der Waals surface area contributed by atoms with Gasteiger partial charge in [-0.15, -0.1) is 0 Å². The van der Waals surface area contributed by atoms with Gasteiger partial charge in [0.1, 0.15) is 11.1 Å². The number of rotatable bonds is 1. The molecule has 1 fully saturated rings. The molecule has 110 valence electrons. The molecule has 0 unspecified atom stereocenters. The molecule has 4 nitrogen and oxygen atoms in total. The molecule has 1 aliphatic heterocycles. The summed E-state index contributed by atoms with van der Waals surface area (Å²) in [5.41, 5.74) is 0.0963. The fourth-order valence-corrected chi connectivity index (χ4v) is 3.21. The molecule has 1 saturated heterocycles. The number of hydrogen-bond donors (Lipinski definition) is 0. The van der Waals surface area contributed by atoms with Crippen LogP contribution < -0.4 is 5.63 Å². The van der Waals surface area contributed by atoms with Crippen molar-refractivity contribution in [3.8, 4) is 0 Å². The van der Waals surface area contributed by atoms with E-state index < -0.39 is 5.63 Å². The molecule has 1 aromatic heterocycles. The van der Waals surface area contributed by atoms with Gasteiger partial charge in [0.25, 0.3) is 5.91 Å². The van der Waals surface area contributed by atoms with Crippen LogP contribution in [0.25, 0.3) is 11.0 Å². The lowest BCUT2D eigenvalue weighted by Crippen LogP contribution is -2.43. The number of carbonyl (C=O) groups excluding carboxylic acids is 1. The highest BCUT2D eigenvalue weighted by Crippen LogP contribution is 2.22. The summed E-state index contributed by atoms with van der Waals surface area (Å²) in [7, 11) is 0. The summed E-state index contributed by atoms with van der Waals surface area (Å²) in [5.74, 6) is 0.711. The van der Waals surface area contributed by atoms with Crippen LogP contribution in [0.15, 0.2) is 39.5 Å². The van der Waals surface area contributed by atoms with Crippen molar-refractivity contribution in [2.24, 2.45) is 11.8 Å². The van der Waals surface area contributed by atoms with Crippen LogP contribution in [0.2, 0.25) is 0 Å². The number of hydrogen-bond acceptors (Lipinski definition) is 3.